The molecule has 1 saturated heterocycles. The van der Waals surface area contributed by atoms with E-state index in [2.05, 4.69) is 35.0 Å². The minimum Gasteiger partial charge on any atom is -0.394 e. The molecular formula is C37H46N6O5. The van der Waals surface area contributed by atoms with Crippen LogP contribution in [-0.4, -0.2) is 83.6 Å². The third-order valence-corrected chi connectivity index (χ3v) is 8.82. The Kier molecular flexibility index (Phi) is 12.0. The maximum absolute atomic E-state index is 13.7. The molecule has 11 heteroatoms. The summed E-state index contributed by atoms with van der Waals surface area (Å²) < 4.78 is 5.54. The van der Waals surface area contributed by atoms with E-state index in [1.54, 1.807) is 30.7 Å². The standard InChI is InChI=1S/C37H46N6O5/c1-2-24-3-5-27(6-4-24)33-21-43(20-25-11-13-48-14-12-25)22-34(35(33)46)37(47)42-30-9-7-26(8-10-30)32-15-28(18-41-36(32)39)29(16-38)17-40-19-31(45)23-44/h3-10,15-18,21-22,25,31,35-36,38,40-41,44-46H,2,11-14,19-20,23,39H2,1H3,(H,42,47)/b29-17+,38-16?/t31-,35?,36?/m0/s1. The van der Waals surface area contributed by atoms with Crippen molar-refractivity contribution in [3.8, 4) is 0 Å². The highest BCUT2D eigenvalue weighted by molar-refractivity contribution is 6.06. The van der Waals surface area contributed by atoms with E-state index in [4.69, 9.17) is 21.0 Å². The highest BCUT2D eigenvalue weighted by Crippen LogP contribution is 2.31. The quantitative estimate of drug-likeness (QED) is 0.151. The molecule has 48 heavy (non-hydrogen) atoms. The number of hydrogen-bond donors (Lipinski definition) is 8. The van der Waals surface area contributed by atoms with Gasteiger partial charge in [0.2, 0.25) is 0 Å². The van der Waals surface area contributed by atoms with Crippen LogP contribution in [0.4, 0.5) is 5.69 Å². The van der Waals surface area contributed by atoms with E-state index in [1.807, 2.05) is 41.4 Å². The number of aryl methyl sites for hydroxylation is 1. The van der Waals surface area contributed by atoms with Crippen molar-refractivity contribution in [2.75, 3.05) is 38.2 Å². The summed E-state index contributed by atoms with van der Waals surface area (Å²) in [7, 11) is 0. The number of allylic oxidation sites excluding steroid dienone is 3. The zero-order chi connectivity index (χ0) is 34.0. The van der Waals surface area contributed by atoms with E-state index >= 15 is 0 Å². The molecule has 0 bridgehead atoms. The average molecular weight is 655 g/mol. The Morgan fingerprint density at radius 1 is 1.10 bits per heavy atom. The Morgan fingerprint density at radius 2 is 1.79 bits per heavy atom. The lowest BCUT2D eigenvalue weighted by Crippen LogP contribution is -2.37. The van der Waals surface area contributed by atoms with Gasteiger partial charge in [-0.3, -0.25) is 4.79 Å². The number of rotatable bonds is 13. The number of nitrogens with two attached hydrogens (primary N) is 1. The minimum absolute atomic E-state index is 0.142. The second-order valence-electron chi connectivity index (χ2n) is 12.2. The molecule has 2 aromatic carbocycles. The fourth-order valence-electron chi connectivity index (χ4n) is 5.91. The van der Waals surface area contributed by atoms with Gasteiger partial charge in [0.25, 0.3) is 5.91 Å². The molecule has 1 amide bonds. The maximum atomic E-state index is 13.7. The largest absolute Gasteiger partial charge is 0.394 e. The first-order chi connectivity index (χ1) is 23.3. The number of ether oxygens (including phenoxy) is 1. The highest BCUT2D eigenvalue weighted by Gasteiger charge is 2.30. The van der Waals surface area contributed by atoms with Crippen LogP contribution in [0.2, 0.25) is 0 Å². The van der Waals surface area contributed by atoms with Crippen molar-refractivity contribution in [3.63, 3.8) is 0 Å². The van der Waals surface area contributed by atoms with Crippen LogP contribution in [0.1, 0.15) is 36.5 Å². The summed E-state index contributed by atoms with van der Waals surface area (Å²) in [6.07, 6.45) is 10.4. The van der Waals surface area contributed by atoms with Crippen molar-refractivity contribution < 1.29 is 24.9 Å². The zero-order valence-electron chi connectivity index (χ0n) is 27.2. The number of nitrogens with zero attached hydrogens (tertiary/aromatic N) is 1. The van der Waals surface area contributed by atoms with E-state index in [0.717, 1.165) is 55.7 Å². The molecule has 5 rings (SSSR count). The number of nitrogens with one attached hydrogen (secondary N) is 4. The van der Waals surface area contributed by atoms with Gasteiger partial charge in [-0.1, -0.05) is 43.3 Å². The molecule has 3 aliphatic rings. The molecule has 254 valence electrons. The Morgan fingerprint density at radius 3 is 2.46 bits per heavy atom. The summed E-state index contributed by atoms with van der Waals surface area (Å²) in [6, 6.07) is 15.4. The molecule has 0 aliphatic carbocycles. The van der Waals surface area contributed by atoms with Crippen LogP contribution in [0.3, 0.4) is 0 Å². The third-order valence-electron chi connectivity index (χ3n) is 8.82. The van der Waals surface area contributed by atoms with Crippen LogP contribution in [0, 0.1) is 11.3 Å². The normalized spacial score (nSPS) is 20.9. The summed E-state index contributed by atoms with van der Waals surface area (Å²) >= 11 is 0. The van der Waals surface area contributed by atoms with Gasteiger partial charge in [-0.25, -0.2) is 0 Å². The van der Waals surface area contributed by atoms with E-state index < -0.39 is 18.4 Å². The van der Waals surface area contributed by atoms with Crippen LogP contribution in [-0.2, 0) is 16.0 Å². The average Bonchev–Trinajstić information content (AvgIpc) is 3.12. The predicted molar refractivity (Wildman–Crippen MR) is 188 cm³/mol. The van der Waals surface area contributed by atoms with Gasteiger partial charge >= 0.3 is 0 Å². The molecule has 0 saturated carbocycles. The SMILES string of the molecule is CCc1ccc(C2=CN(CC3CCOCC3)C=C(C(=O)Nc3ccc(C4=CC(/C(C=N)=C/NC[C@H](O)CO)=CNC4N)cc3)C2O)cc1. The lowest BCUT2D eigenvalue weighted by Gasteiger charge is -2.32. The number of hydrogen-bond acceptors (Lipinski definition) is 10. The predicted octanol–water partition coefficient (Wildman–Crippen LogP) is 2.85. The van der Waals surface area contributed by atoms with Gasteiger partial charge in [-0.05, 0) is 65.7 Å². The summed E-state index contributed by atoms with van der Waals surface area (Å²) in [6.45, 7) is 4.07. The smallest absolute Gasteiger partial charge is 0.256 e. The molecule has 0 radical (unpaired) electrons. The number of benzene rings is 2. The number of carbonyl (C=O) groups is 1. The molecule has 2 aromatic rings. The number of amides is 1. The molecule has 3 atom stereocenters. The summed E-state index contributed by atoms with van der Waals surface area (Å²) in [5, 5.41) is 47.0. The van der Waals surface area contributed by atoms with Gasteiger partial charge in [0, 0.05) is 79.7 Å². The monoisotopic (exact) mass is 654 g/mol. The first-order valence-corrected chi connectivity index (χ1v) is 16.4. The van der Waals surface area contributed by atoms with Gasteiger partial charge in [-0.2, -0.15) is 0 Å². The summed E-state index contributed by atoms with van der Waals surface area (Å²) in [4.78, 5) is 15.7. The Labute approximate surface area is 281 Å². The molecule has 11 nitrogen and oxygen atoms in total. The Bertz CT molecular complexity index is 1590. The maximum Gasteiger partial charge on any atom is 0.256 e. The first-order valence-electron chi connectivity index (χ1n) is 16.4. The van der Waals surface area contributed by atoms with Crippen LogP contribution < -0.4 is 21.7 Å². The zero-order valence-corrected chi connectivity index (χ0v) is 27.2. The van der Waals surface area contributed by atoms with Crippen molar-refractivity contribution >= 4 is 29.0 Å². The van der Waals surface area contributed by atoms with Crippen LogP contribution in [0.25, 0.3) is 11.1 Å². The molecule has 1 fully saturated rings. The second kappa shape index (κ2) is 16.5. The van der Waals surface area contributed by atoms with Crippen LogP contribution in [0.5, 0.6) is 0 Å². The first kappa shape index (κ1) is 34.8. The van der Waals surface area contributed by atoms with Gasteiger partial charge in [-0.15, -0.1) is 0 Å². The summed E-state index contributed by atoms with van der Waals surface area (Å²) in [5.41, 5.74) is 12.8. The van der Waals surface area contributed by atoms with E-state index in [-0.39, 0.29) is 24.6 Å². The van der Waals surface area contributed by atoms with E-state index in [0.29, 0.717) is 28.3 Å². The molecule has 9 N–H and O–H groups in total. The number of anilines is 1. The summed E-state index contributed by atoms with van der Waals surface area (Å²) in [5.74, 6) is 0.0384. The highest BCUT2D eigenvalue weighted by atomic mass is 16.5. The second-order valence-corrected chi connectivity index (χ2v) is 12.2. The van der Waals surface area contributed by atoms with Crippen LogP contribution >= 0.6 is 0 Å². The van der Waals surface area contributed by atoms with Crippen molar-refractivity contribution in [2.45, 2.75) is 44.6 Å². The van der Waals surface area contributed by atoms with Gasteiger partial charge in [0.05, 0.1) is 18.3 Å². The van der Waals surface area contributed by atoms with Crippen molar-refractivity contribution in [2.24, 2.45) is 11.7 Å². The topological polar surface area (TPSA) is 176 Å². The fourth-order valence-corrected chi connectivity index (χ4v) is 5.91. The van der Waals surface area contributed by atoms with E-state index in [9.17, 15) is 15.0 Å². The van der Waals surface area contributed by atoms with Crippen molar-refractivity contribution in [1.29, 1.82) is 5.41 Å². The molecule has 3 heterocycles. The lowest BCUT2D eigenvalue weighted by molar-refractivity contribution is -0.113. The van der Waals surface area contributed by atoms with Crippen LogP contribution in [0.15, 0.2) is 96.1 Å². The van der Waals surface area contributed by atoms with Gasteiger partial charge in [0.15, 0.2) is 0 Å². The minimum atomic E-state index is -1.10. The number of aliphatic hydroxyl groups excluding tert-OH is 3. The van der Waals surface area contributed by atoms with Gasteiger partial charge in [0.1, 0.15) is 12.3 Å². The number of carbonyl (C=O) groups excluding carboxylic acids is 1. The number of dihydropyridines is 1. The number of aliphatic hydroxyl groups is 3. The molecule has 0 aromatic heterocycles. The lowest BCUT2D eigenvalue weighted by atomic mass is 9.91. The van der Waals surface area contributed by atoms with Gasteiger partial charge < -0.3 is 52.0 Å². The Hall–Kier alpha value is -4.52. The molecule has 2 unspecified atom stereocenters. The van der Waals surface area contributed by atoms with Crippen molar-refractivity contribution in [3.05, 3.63) is 113 Å². The van der Waals surface area contributed by atoms with E-state index in [1.165, 1.54) is 11.8 Å². The molecule has 3 aliphatic heterocycles. The fraction of sp³-hybridized carbons (Fsp3) is 0.351. The Balaban J connectivity index is 1.32. The molecular weight excluding hydrogens is 608 g/mol. The van der Waals surface area contributed by atoms with Crippen molar-refractivity contribution in [1.82, 2.24) is 15.5 Å². The molecule has 0 spiro atoms. The third kappa shape index (κ3) is 8.68.